The van der Waals surface area contributed by atoms with E-state index in [1.807, 2.05) is 61.5 Å². The third-order valence-electron chi connectivity index (χ3n) is 2.82. The van der Waals surface area contributed by atoms with Gasteiger partial charge in [-0.2, -0.15) is 0 Å². The van der Waals surface area contributed by atoms with Crippen LogP contribution in [0.25, 0.3) is 11.1 Å². The van der Waals surface area contributed by atoms with Gasteiger partial charge in [-0.1, -0.05) is 42.5 Å². The van der Waals surface area contributed by atoms with Gasteiger partial charge < -0.3 is 11.1 Å². The molecule has 0 heterocycles. The van der Waals surface area contributed by atoms with Gasteiger partial charge in [-0.3, -0.25) is 4.79 Å². The van der Waals surface area contributed by atoms with Gasteiger partial charge in [0.25, 0.3) is 5.91 Å². The molecule has 0 spiro atoms. The minimum absolute atomic E-state index is 0.0405. The first-order valence-corrected chi connectivity index (χ1v) is 6.36. The predicted molar refractivity (Wildman–Crippen MR) is 77.9 cm³/mol. The lowest BCUT2D eigenvalue weighted by Gasteiger charge is -2.09. The van der Waals surface area contributed by atoms with Crippen LogP contribution in [0.1, 0.15) is 17.3 Å². The van der Waals surface area contributed by atoms with E-state index in [0.717, 1.165) is 11.1 Å². The van der Waals surface area contributed by atoms with Gasteiger partial charge >= 0.3 is 0 Å². The minimum atomic E-state index is -0.0879. The molecule has 0 aliphatic rings. The van der Waals surface area contributed by atoms with Crippen LogP contribution in [0.3, 0.4) is 0 Å². The Bertz CT molecular complexity index is 550. The number of benzene rings is 2. The third-order valence-corrected chi connectivity index (χ3v) is 2.82. The van der Waals surface area contributed by atoms with Crippen LogP contribution in [0, 0.1) is 0 Å². The van der Waals surface area contributed by atoms with Gasteiger partial charge in [0.15, 0.2) is 0 Å². The Labute approximate surface area is 113 Å². The van der Waals surface area contributed by atoms with Crippen molar-refractivity contribution in [3.8, 4) is 11.1 Å². The molecule has 0 radical (unpaired) electrons. The number of carbonyl (C=O) groups excluding carboxylic acids is 1. The number of rotatable bonds is 4. The van der Waals surface area contributed by atoms with Gasteiger partial charge in [0.1, 0.15) is 0 Å². The van der Waals surface area contributed by atoms with E-state index in [9.17, 15) is 4.79 Å². The van der Waals surface area contributed by atoms with Gasteiger partial charge in [0.2, 0.25) is 0 Å². The highest BCUT2D eigenvalue weighted by Gasteiger charge is 2.07. The van der Waals surface area contributed by atoms with Crippen molar-refractivity contribution in [1.82, 2.24) is 5.32 Å². The topological polar surface area (TPSA) is 55.1 Å². The van der Waals surface area contributed by atoms with Crippen molar-refractivity contribution in [2.45, 2.75) is 13.0 Å². The summed E-state index contributed by atoms with van der Waals surface area (Å²) in [4.78, 5) is 12.0. The van der Waals surface area contributed by atoms with E-state index in [-0.39, 0.29) is 11.9 Å². The highest BCUT2D eigenvalue weighted by molar-refractivity contribution is 5.95. The molecule has 2 aromatic carbocycles. The maximum atomic E-state index is 12.0. The molecule has 0 aliphatic heterocycles. The molecular formula is C16H18N2O. The number of hydrogen-bond acceptors (Lipinski definition) is 2. The lowest BCUT2D eigenvalue weighted by atomic mass is 10.0. The molecule has 0 bridgehead atoms. The van der Waals surface area contributed by atoms with Crippen LogP contribution in [-0.2, 0) is 0 Å². The molecule has 1 amide bonds. The number of nitrogens with one attached hydrogen (secondary N) is 1. The van der Waals surface area contributed by atoms with Crippen molar-refractivity contribution in [2.75, 3.05) is 6.54 Å². The molecule has 2 rings (SSSR count). The molecule has 0 saturated heterocycles. The van der Waals surface area contributed by atoms with Gasteiger partial charge in [-0.05, 0) is 30.2 Å². The van der Waals surface area contributed by atoms with Gasteiger partial charge in [0.05, 0.1) is 0 Å². The number of carbonyl (C=O) groups is 1. The summed E-state index contributed by atoms with van der Waals surface area (Å²) >= 11 is 0. The van der Waals surface area contributed by atoms with E-state index in [2.05, 4.69) is 5.32 Å². The van der Waals surface area contributed by atoms with Crippen molar-refractivity contribution in [2.24, 2.45) is 5.73 Å². The quantitative estimate of drug-likeness (QED) is 0.880. The molecular weight excluding hydrogens is 236 g/mol. The SMILES string of the molecule is CC(N)CNC(=O)c1cccc(-c2ccccc2)c1. The van der Waals surface area contributed by atoms with Crippen molar-refractivity contribution < 1.29 is 4.79 Å². The van der Waals surface area contributed by atoms with Crippen molar-refractivity contribution in [3.05, 3.63) is 60.2 Å². The second kappa shape index (κ2) is 6.16. The molecule has 2 aromatic rings. The predicted octanol–water partition coefficient (Wildman–Crippen LogP) is 2.43. The molecule has 1 atom stereocenters. The number of amides is 1. The second-order valence-electron chi connectivity index (χ2n) is 4.63. The molecule has 0 aromatic heterocycles. The summed E-state index contributed by atoms with van der Waals surface area (Å²) in [6.45, 7) is 2.34. The summed E-state index contributed by atoms with van der Waals surface area (Å²) in [5.41, 5.74) is 8.42. The molecule has 0 aliphatic carbocycles. The van der Waals surface area contributed by atoms with Gasteiger partial charge in [-0.15, -0.1) is 0 Å². The summed E-state index contributed by atoms with van der Waals surface area (Å²) in [6.07, 6.45) is 0. The van der Waals surface area contributed by atoms with Gasteiger partial charge in [0, 0.05) is 18.2 Å². The smallest absolute Gasteiger partial charge is 0.251 e. The Morgan fingerprint density at radius 1 is 1.11 bits per heavy atom. The number of hydrogen-bond donors (Lipinski definition) is 2. The Hall–Kier alpha value is -2.13. The normalized spacial score (nSPS) is 11.9. The summed E-state index contributed by atoms with van der Waals surface area (Å²) in [6, 6.07) is 17.5. The largest absolute Gasteiger partial charge is 0.350 e. The first-order chi connectivity index (χ1) is 9.16. The van der Waals surface area contributed by atoms with Crippen molar-refractivity contribution in [3.63, 3.8) is 0 Å². The zero-order valence-electron chi connectivity index (χ0n) is 11.0. The van der Waals surface area contributed by atoms with Crippen molar-refractivity contribution >= 4 is 5.91 Å². The molecule has 3 heteroatoms. The molecule has 19 heavy (non-hydrogen) atoms. The van der Waals surface area contributed by atoms with Crippen molar-refractivity contribution in [1.29, 1.82) is 0 Å². The third kappa shape index (κ3) is 3.66. The summed E-state index contributed by atoms with van der Waals surface area (Å²) < 4.78 is 0. The fourth-order valence-corrected chi connectivity index (χ4v) is 1.83. The molecule has 0 fully saturated rings. The lowest BCUT2D eigenvalue weighted by Crippen LogP contribution is -2.35. The van der Waals surface area contributed by atoms with E-state index in [4.69, 9.17) is 5.73 Å². The van der Waals surface area contributed by atoms with Crippen LogP contribution < -0.4 is 11.1 Å². The molecule has 3 N–H and O–H groups in total. The molecule has 98 valence electrons. The van der Waals surface area contributed by atoms with Crippen LogP contribution in [0.15, 0.2) is 54.6 Å². The van der Waals surface area contributed by atoms with Crippen LogP contribution in [0.5, 0.6) is 0 Å². The lowest BCUT2D eigenvalue weighted by molar-refractivity contribution is 0.0952. The average Bonchev–Trinajstić information content (AvgIpc) is 2.46. The maximum Gasteiger partial charge on any atom is 0.251 e. The summed E-state index contributed by atoms with van der Waals surface area (Å²) in [7, 11) is 0. The maximum absolute atomic E-state index is 12.0. The fourth-order valence-electron chi connectivity index (χ4n) is 1.83. The Morgan fingerprint density at radius 2 is 1.79 bits per heavy atom. The van der Waals surface area contributed by atoms with E-state index >= 15 is 0 Å². The molecule has 0 saturated carbocycles. The second-order valence-corrected chi connectivity index (χ2v) is 4.63. The highest BCUT2D eigenvalue weighted by atomic mass is 16.1. The van der Waals surface area contributed by atoms with E-state index in [1.54, 1.807) is 0 Å². The average molecular weight is 254 g/mol. The standard InChI is InChI=1S/C16H18N2O/c1-12(17)11-18-16(19)15-9-5-8-14(10-15)13-6-3-2-4-7-13/h2-10,12H,11,17H2,1H3,(H,18,19). The van der Waals surface area contributed by atoms with Crippen LogP contribution in [0.4, 0.5) is 0 Å². The fraction of sp³-hybridized carbons (Fsp3) is 0.188. The van der Waals surface area contributed by atoms with Crippen LogP contribution >= 0.6 is 0 Å². The Morgan fingerprint density at radius 3 is 2.47 bits per heavy atom. The minimum Gasteiger partial charge on any atom is -0.350 e. The zero-order valence-corrected chi connectivity index (χ0v) is 11.0. The van der Waals surface area contributed by atoms with E-state index < -0.39 is 0 Å². The monoisotopic (exact) mass is 254 g/mol. The Kier molecular flexibility index (Phi) is 4.31. The number of nitrogens with two attached hydrogens (primary N) is 1. The molecule has 3 nitrogen and oxygen atoms in total. The van der Waals surface area contributed by atoms with Crippen LogP contribution in [0.2, 0.25) is 0 Å². The summed E-state index contributed by atoms with van der Waals surface area (Å²) in [5, 5.41) is 2.81. The van der Waals surface area contributed by atoms with E-state index in [1.165, 1.54) is 0 Å². The zero-order chi connectivity index (χ0) is 13.7. The molecule has 1 unspecified atom stereocenters. The Balaban J connectivity index is 2.18. The first-order valence-electron chi connectivity index (χ1n) is 6.36. The van der Waals surface area contributed by atoms with E-state index in [0.29, 0.717) is 12.1 Å². The highest BCUT2D eigenvalue weighted by Crippen LogP contribution is 2.19. The van der Waals surface area contributed by atoms with Gasteiger partial charge in [-0.25, -0.2) is 0 Å². The van der Waals surface area contributed by atoms with Crippen LogP contribution in [-0.4, -0.2) is 18.5 Å². The summed E-state index contributed by atoms with van der Waals surface area (Å²) in [5.74, 6) is -0.0879. The first kappa shape index (κ1) is 13.3.